The molecule has 42 heavy (non-hydrogen) atoms. The second-order valence-electron chi connectivity index (χ2n) is 12.0. The smallest absolute Gasteiger partial charge is 0.174 e. The maximum absolute atomic E-state index is 12.7. The summed E-state index contributed by atoms with van der Waals surface area (Å²) in [6, 6.07) is 11.8. The molecule has 2 aliphatic carbocycles. The number of likely N-dealkylation sites (tertiary alicyclic amines) is 1. The predicted molar refractivity (Wildman–Crippen MR) is 160 cm³/mol. The van der Waals surface area contributed by atoms with Crippen molar-refractivity contribution in [3.05, 3.63) is 60.2 Å². The second kappa shape index (κ2) is 12.2. The third-order valence-corrected chi connectivity index (χ3v) is 9.13. The highest BCUT2D eigenvalue weighted by Crippen LogP contribution is 2.64. The van der Waals surface area contributed by atoms with Crippen LogP contribution in [0.4, 0.5) is 0 Å². The maximum atomic E-state index is 12.7. The standard InChI is InChI=1S/C18H21NO4.C15H23NO3/c1-19-8-7-17-14-10-3-4-12(22-2)15(14)23-16(17)11(20)5-6-18(17,21)13(19)9-10;1-4-9-18-14-7-5-6-8-15(14)19-11-13(17)10-16-12(2)3/h3-4,13,16,21H,5-9H2,1-2H3;4-8,12-13,16-17H,1,9-11H2,2-3H3/t13-,16+,17+,18-;/m1./s1. The number of nitrogens with one attached hydrogen (secondary N) is 1. The van der Waals surface area contributed by atoms with Gasteiger partial charge in [0.25, 0.3) is 0 Å². The average molecular weight is 581 g/mol. The minimum absolute atomic E-state index is 0.0438. The third kappa shape index (κ3) is 5.17. The Kier molecular flexibility index (Phi) is 8.85. The Morgan fingerprint density at radius 2 is 1.90 bits per heavy atom. The van der Waals surface area contributed by atoms with Crippen LogP contribution in [0.1, 0.15) is 44.2 Å². The zero-order valence-corrected chi connectivity index (χ0v) is 25.1. The molecule has 3 N–H and O–H groups in total. The first-order chi connectivity index (χ1) is 20.2. The molecule has 2 aliphatic heterocycles. The monoisotopic (exact) mass is 580 g/mol. The number of Topliss-reactive ketones (excluding diaryl/α,β-unsaturated/α-hetero) is 1. The van der Waals surface area contributed by atoms with E-state index in [9.17, 15) is 15.0 Å². The highest BCUT2D eigenvalue weighted by atomic mass is 16.5. The van der Waals surface area contributed by atoms with E-state index in [2.05, 4.69) is 29.9 Å². The average Bonchev–Trinajstić information content (AvgIpc) is 3.34. The lowest BCUT2D eigenvalue weighted by molar-refractivity contribution is -0.185. The van der Waals surface area contributed by atoms with Gasteiger partial charge in [0.1, 0.15) is 19.3 Å². The predicted octanol–water partition coefficient (Wildman–Crippen LogP) is 3.04. The number of hydrogen-bond acceptors (Lipinski definition) is 9. The van der Waals surface area contributed by atoms with Crippen LogP contribution in [0.3, 0.4) is 0 Å². The largest absolute Gasteiger partial charge is 0.493 e. The van der Waals surface area contributed by atoms with Crippen molar-refractivity contribution < 1.29 is 34.0 Å². The van der Waals surface area contributed by atoms with Crippen LogP contribution in [0.25, 0.3) is 0 Å². The fourth-order valence-electron chi connectivity index (χ4n) is 7.14. The summed E-state index contributed by atoms with van der Waals surface area (Å²) in [5, 5.41) is 24.7. The van der Waals surface area contributed by atoms with Crippen LogP contribution in [0.15, 0.2) is 49.1 Å². The Balaban J connectivity index is 0.000000172. The Morgan fingerprint density at radius 3 is 2.60 bits per heavy atom. The number of nitrogens with zero attached hydrogens (tertiary/aromatic N) is 1. The van der Waals surface area contributed by atoms with Crippen molar-refractivity contribution in [3.63, 3.8) is 0 Å². The van der Waals surface area contributed by atoms with Gasteiger partial charge in [0, 0.05) is 30.6 Å². The zero-order valence-electron chi connectivity index (χ0n) is 25.1. The van der Waals surface area contributed by atoms with Crippen molar-refractivity contribution in [2.45, 2.75) is 74.8 Å². The molecule has 6 rings (SSSR count). The molecule has 1 saturated carbocycles. The molecule has 9 heteroatoms. The van der Waals surface area contributed by atoms with Crippen LogP contribution >= 0.6 is 0 Å². The van der Waals surface area contributed by atoms with E-state index in [1.54, 1.807) is 13.2 Å². The quantitative estimate of drug-likeness (QED) is 0.366. The summed E-state index contributed by atoms with van der Waals surface area (Å²) in [6.07, 6.45) is 3.02. The lowest BCUT2D eigenvalue weighted by atomic mass is 9.49. The van der Waals surface area contributed by atoms with Crippen LogP contribution < -0.4 is 24.3 Å². The first-order valence-corrected chi connectivity index (χ1v) is 14.9. The van der Waals surface area contributed by atoms with E-state index in [1.807, 2.05) is 44.2 Å². The first-order valence-electron chi connectivity index (χ1n) is 14.9. The molecule has 4 aliphatic rings. The van der Waals surface area contributed by atoms with E-state index < -0.39 is 23.2 Å². The molecule has 2 heterocycles. The number of carbonyl (C=O) groups excluding carboxylic acids is 1. The fraction of sp³-hybridized carbons (Fsp3) is 0.545. The fourth-order valence-corrected chi connectivity index (χ4v) is 7.14. The number of carbonyl (C=O) groups is 1. The number of methoxy groups -OCH3 is 1. The molecule has 0 amide bonds. The van der Waals surface area contributed by atoms with E-state index in [0.29, 0.717) is 55.0 Å². The lowest BCUT2D eigenvalue weighted by Gasteiger charge is -2.62. The molecule has 2 bridgehead atoms. The number of hydrogen-bond donors (Lipinski definition) is 3. The van der Waals surface area contributed by atoms with Crippen LogP contribution in [0.5, 0.6) is 23.0 Å². The molecule has 0 aromatic heterocycles. The molecule has 1 spiro atoms. The van der Waals surface area contributed by atoms with E-state index in [0.717, 1.165) is 24.9 Å². The number of ether oxygens (including phenoxy) is 4. The first kappa shape index (κ1) is 30.4. The minimum atomic E-state index is -0.900. The van der Waals surface area contributed by atoms with Gasteiger partial charge in [-0.3, -0.25) is 4.79 Å². The molecule has 2 aromatic carbocycles. The van der Waals surface area contributed by atoms with Gasteiger partial charge in [0.05, 0.1) is 18.1 Å². The van der Waals surface area contributed by atoms with Gasteiger partial charge in [-0.05, 0) is 56.6 Å². The second-order valence-corrected chi connectivity index (χ2v) is 12.0. The number of piperidine rings is 1. The van der Waals surface area contributed by atoms with Gasteiger partial charge in [-0.15, -0.1) is 0 Å². The molecule has 2 aromatic rings. The summed E-state index contributed by atoms with van der Waals surface area (Å²) in [5.41, 5.74) is 0.737. The van der Waals surface area contributed by atoms with Crippen LogP contribution in [-0.2, 0) is 16.6 Å². The summed E-state index contributed by atoms with van der Waals surface area (Å²) in [7, 11) is 3.70. The van der Waals surface area contributed by atoms with Gasteiger partial charge >= 0.3 is 0 Å². The van der Waals surface area contributed by atoms with Crippen molar-refractivity contribution in [2.75, 3.05) is 40.5 Å². The number of rotatable bonds is 10. The van der Waals surface area contributed by atoms with E-state index >= 15 is 0 Å². The van der Waals surface area contributed by atoms with Crippen LogP contribution in [-0.4, -0.2) is 91.2 Å². The summed E-state index contributed by atoms with van der Waals surface area (Å²) in [4.78, 5) is 14.9. The molecule has 9 nitrogen and oxygen atoms in total. The molecule has 1 unspecified atom stereocenters. The summed E-state index contributed by atoms with van der Waals surface area (Å²) < 4.78 is 22.7. The van der Waals surface area contributed by atoms with Crippen molar-refractivity contribution in [1.29, 1.82) is 0 Å². The van der Waals surface area contributed by atoms with Gasteiger partial charge in [0.15, 0.2) is 34.9 Å². The number of benzene rings is 2. The minimum Gasteiger partial charge on any atom is -0.493 e. The third-order valence-electron chi connectivity index (χ3n) is 9.13. The molecule has 0 radical (unpaired) electrons. The normalized spacial score (nSPS) is 27.7. The summed E-state index contributed by atoms with van der Waals surface area (Å²) in [5.74, 6) is 2.76. The molecular formula is C33H44N2O7. The number of aliphatic hydroxyl groups excluding tert-OH is 1. The van der Waals surface area contributed by atoms with Crippen LogP contribution in [0.2, 0.25) is 0 Å². The number of likely N-dealkylation sites (N-methyl/N-ethyl adjacent to an activating group) is 1. The molecule has 5 atom stereocenters. The Bertz CT molecular complexity index is 1300. The Labute approximate surface area is 248 Å². The molecule has 2 fully saturated rings. The highest BCUT2D eigenvalue weighted by molar-refractivity contribution is 5.90. The highest BCUT2D eigenvalue weighted by Gasteiger charge is 2.72. The molecule has 1 saturated heterocycles. The van der Waals surface area contributed by atoms with Gasteiger partial charge in [-0.2, -0.15) is 0 Å². The number of ketones is 1. The molecule has 228 valence electrons. The van der Waals surface area contributed by atoms with E-state index in [-0.39, 0.29) is 18.4 Å². The van der Waals surface area contributed by atoms with E-state index in [1.165, 1.54) is 5.56 Å². The summed E-state index contributed by atoms with van der Waals surface area (Å²) >= 11 is 0. The number of para-hydroxylation sites is 2. The lowest BCUT2D eigenvalue weighted by Crippen LogP contribution is -2.76. The SMILES string of the molecule is C=CCOc1ccccc1OCC(O)CNC(C)C.COc1ccc2c3c1O[C@H]1C(=O)CC[C@@]4(O)[C@@H](C2)N(C)CC[C@]314. The van der Waals surface area contributed by atoms with Crippen molar-refractivity contribution in [1.82, 2.24) is 10.2 Å². The van der Waals surface area contributed by atoms with Gasteiger partial charge < -0.3 is 39.4 Å². The zero-order chi connectivity index (χ0) is 30.1. The van der Waals surface area contributed by atoms with Crippen molar-refractivity contribution in [3.8, 4) is 23.0 Å². The molecular weight excluding hydrogens is 536 g/mol. The Morgan fingerprint density at radius 1 is 1.17 bits per heavy atom. The van der Waals surface area contributed by atoms with Crippen molar-refractivity contribution >= 4 is 5.78 Å². The Hall–Kier alpha value is -3.11. The van der Waals surface area contributed by atoms with Crippen molar-refractivity contribution in [2.24, 2.45) is 0 Å². The van der Waals surface area contributed by atoms with Gasteiger partial charge in [-0.25, -0.2) is 0 Å². The van der Waals surface area contributed by atoms with Crippen LogP contribution in [0, 0.1) is 0 Å². The summed E-state index contributed by atoms with van der Waals surface area (Å²) in [6.45, 7) is 9.71. The number of aliphatic hydroxyl groups is 2. The maximum Gasteiger partial charge on any atom is 0.174 e. The van der Waals surface area contributed by atoms with E-state index in [4.69, 9.17) is 18.9 Å². The topological polar surface area (TPSA) is 110 Å². The van der Waals surface area contributed by atoms with Gasteiger partial charge in [-0.1, -0.05) is 44.7 Å². The van der Waals surface area contributed by atoms with Gasteiger partial charge in [0.2, 0.25) is 0 Å².